The van der Waals surface area contributed by atoms with Crippen molar-refractivity contribution < 1.29 is 4.79 Å². The van der Waals surface area contributed by atoms with E-state index in [2.05, 4.69) is 28.1 Å². The summed E-state index contributed by atoms with van der Waals surface area (Å²) in [5.41, 5.74) is 3.70. The topological polar surface area (TPSA) is 48.3 Å². The molecule has 1 spiro atoms. The highest BCUT2D eigenvalue weighted by molar-refractivity contribution is 9.10. The zero-order valence-corrected chi connectivity index (χ0v) is 20.9. The first-order chi connectivity index (χ1) is 16.0. The molecule has 33 heavy (non-hydrogen) atoms. The highest BCUT2D eigenvalue weighted by atomic mass is 79.9. The summed E-state index contributed by atoms with van der Waals surface area (Å²) < 4.78 is 1.02. The van der Waals surface area contributed by atoms with Gasteiger partial charge in [-0.25, -0.2) is 10.0 Å². The third-order valence-electron chi connectivity index (χ3n) is 5.58. The van der Waals surface area contributed by atoms with Gasteiger partial charge in [-0.15, -0.1) is 0 Å². The van der Waals surface area contributed by atoms with E-state index in [9.17, 15) is 4.79 Å². The predicted octanol–water partition coefficient (Wildman–Crippen LogP) is 6.92. The van der Waals surface area contributed by atoms with Gasteiger partial charge in [-0.2, -0.15) is 10.2 Å². The second kappa shape index (κ2) is 8.97. The molecule has 3 aromatic carbocycles. The molecule has 0 saturated carbocycles. The van der Waals surface area contributed by atoms with Crippen molar-refractivity contribution >= 4 is 67.2 Å². The van der Waals surface area contributed by atoms with E-state index >= 15 is 0 Å². The SMILES string of the molecule is CC(=O)C1=NN(c2ccccc2Cl)[C@@]2(CCC(c3ccc(Br)cc3)=NN2c2ccccc2)S1. The Bertz CT molecular complexity index is 1260. The molecule has 0 saturated heterocycles. The molecule has 3 aromatic rings. The average Bonchev–Trinajstić information content (AvgIpc) is 3.21. The summed E-state index contributed by atoms with van der Waals surface area (Å²) in [5, 5.41) is 14.7. The van der Waals surface area contributed by atoms with Crippen molar-refractivity contribution in [3.05, 3.63) is 93.9 Å². The first kappa shape index (κ1) is 22.2. The molecule has 2 heterocycles. The third kappa shape index (κ3) is 4.09. The number of para-hydroxylation sites is 2. The largest absolute Gasteiger partial charge is 0.292 e. The average molecular weight is 540 g/mol. The zero-order chi connectivity index (χ0) is 23.0. The number of hydrazone groups is 2. The summed E-state index contributed by atoms with van der Waals surface area (Å²) in [6.07, 6.45) is 1.41. The van der Waals surface area contributed by atoms with E-state index in [-0.39, 0.29) is 5.78 Å². The number of hydrogen-bond acceptors (Lipinski definition) is 6. The van der Waals surface area contributed by atoms with Crippen LogP contribution in [0.25, 0.3) is 0 Å². The van der Waals surface area contributed by atoms with Crippen molar-refractivity contribution in [1.29, 1.82) is 0 Å². The van der Waals surface area contributed by atoms with Crippen molar-refractivity contribution in [2.24, 2.45) is 10.2 Å². The zero-order valence-electron chi connectivity index (χ0n) is 17.8. The molecule has 0 aliphatic carbocycles. The van der Waals surface area contributed by atoms with Crippen LogP contribution in [0, 0.1) is 0 Å². The number of hydrogen-bond donors (Lipinski definition) is 0. The van der Waals surface area contributed by atoms with Crippen LogP contribution < -0.4 is 10.0 Å². The molecule has 8 heteroatoms. The normalized spacial score (nSPS) is 20.1. The summed E-state index contributed by atoms with van der Waals surface area (Å²) in [7, 11) is 0. The molecule has 0 aromatic heterocycles. The Hall–Kier alpha value is -2.61. The number of Topliss-reactive ketones (excluding diaryl/α,β-unsaturated/α-hetero) is 1. The lowest BCUT2D eigenvalue weighted by molar-refractivity contribution is -0.110. The van der Waals surface area contributed by atoms with E-state index in [0.29, 0.717) is 16.5 Å². The molecule has 0 bridgehead atoms. The summed E-state index contributed by atoms with van der Waals surface area (Å²) in [6.45, 7) is 1.54. The van der Waals surface area contributed by atoms with Gasteiger partial charge < -0.3 is 0 Å². The highest BCUT2D eigenvalue weighted by Crippen LogP contribution is 2.51. The third-order valence-corrected chi connectivity index (χ3v) is 7.87. The minimum absolute atomic E-state index is 0.0790. The molecule has 5 nitrogen and oxygen atoms in total. The van der Waals surface area contributed by atoms with E-state index in [1.807, 2.05) is 76.7 Å². The van der Waals surface area contributed by atoms with Crippen LogP contribution >= 0.6 is 39.3 Å². The maximum atomic E-state index is 12.4. The number of halogens is 2. The standard InChI is InChI=1S/C25H20BrClN4OS/c1-17(32)24-29-31(23-10-6-5-9-21(23)27)25(33-24)16-15-22(18-11-13-19(26)14-12-18)28-30(25)20-7-3-2-4-8-20/h2-14H,15-16H2,1H3/t25-/m0/s1. The van der Waals surface area contributed by atoms with Gasteiger partial charge in [0.05, 0.1) is 22.1 Å². The fourth-order valence-electron chi connectivity index (χ4n) is 3.99. The van der Waals surface area contributed by atoms with Gasteiger partial charge in [0.25, 0.3) is 0 Å². The molecule has 2 aliphatic rings. The Labute approximate surface area is 210 Å². The minimum atomic E-state index is -0.758. The fourth-order valence-corrected chi connectivity index (χ4v) is 5.71. The Morgan fingerprint density at radius 3 is 2.36 bits per heavy atom. The van der Waals surface area contributed by atoms with Crippen LogP contribution in [-0.2, 0) is 4.79 Å². The van der Waals surface area contributed by atoms with E-state index in [1.54, 1.807) is 6.92 Å². The number of rotatable bonds is 4. The summed E-state index contributed by atoms with van der Waals surface area (Å²) in [4.78, 5) is 11.7. The van der Waals surface area contributed by atoms with Gasteiger partial charge in [0.1, 0.15) is 0 Å². The lowest BCUT2D eigenvalue weighted by Crippen LogP contribution is -2.56. The number of thioether (sulfide) groups is 1. The van der Waals surface area contributed by atoms with Crippen molar-refractivity contribution in [2.45, 2.75) is 24.8 Å². The number of benzene rings is 3. The second-order valence-electron chi connectivity index (χ2n) is 7.77. The van der Waals surface area contributed by atoms with Crippen LogP contribution in [-0.4, -0.2) is 21.5 Å². The lowest BCUT2D eigenvalue weighted by atomic mass is 10.0. The van der Waals surface area contributed by atoms with Gasteiger partial charge in [-0.3, -0.25) is 4.79 Å². The van der Waals surface area contributed by atoms with E-state index in [0.717, 1.165) is 33.5 Å². The van der Waals surface area contributed by atoms with Crippen LogP contribution in [0.3, 0.4) is 0 Å². The Kier molecular flexibility index (Phi) is 6.03. The first-order valence-electron chi connectivity index (χ1n) is 10.5. The minimum Gasteiger partial charge on any atom is -0.292 e. The van der Waals surface area contributed by atoms with Crippen molar-refractivity contribution in [3.63, 3.8) is 0 Å². The number of anilines is 2. The summed E-state index contributed by atoms with van der Waals surface area (Å²) in [6, 6.07) is 25.7. The maximum absolute atomic E-state index is 12.4. The molecule has 2 aliphatic heterocycles. The Morgan fingerprint density at radius 1 is 0.970 bits per heavy atom. The smallest absolute Gasteiger partial charge is 0.208 e. The number of carbonyl (C=O) groups excluding carboxylic acids is 1. The van der Waals surface area contributed by atoms with E-state index < -0.39 is 4.99 Å². The van der Waals surface area contributed by atoms with Crippen LogP contribution in [0.2, 0.25) is 5.02 Å². The number of carbonyl (C=O) groups is 1. The van der Waals surface area contributed by atoms with Gasteiger partial charge >= 0.3 is 0 Å². The van der Waals surface area contributed by atoms with Crippen molar-refractivity contribution in [2.75, 3.05) is 10.0 Å². The highest BCUT2D eigenvalue weighted by Gasteiger charge is 2.53. The van der Waals surface area contributed by atoms with Crippen LogP contribution in [0.4, 0.5) is 11.4 Å². The van der Waals surface area contributed by atoms with Gasteiger partial charge in [-0.05, 0) is 60.1 Å². The van der Waals surface area contributed by atoms with Crippen LogP contribution in [0.1, 0.15) is 25.3 Å². The van der Waals surface area contributed by atoms with E-state index in [4.69, 9.17) is 21.8 Å². The quantitative estimate of drug-likeness (QED) is 0.361. The molecule has 166 valence electrons. The first-order valence-corrected chi connectivity index (χ1v) is 12.5. The van der Waals surface area contributed by atoms with Crippen molar-refractivity contribution in [3.8, 4) is 0 Å². The summed E-state index contributed by atoms with van der Waals surface area (Å²) >= 11 is 11.5. The number of ketones is 1. The molecule has 0 N–H and O–H groups in total. The van der Waals surface area contributed by atoms with Gasteiger partial charge in [0.15, 0.2) is 10.8 Å². The van der Waals surface area contributed by atoms with Gasteiger partial charge in [0.2, 0.25) is 4.99 Å². The Balaban J connectivity index is 1.68. The van der Waals surface area contributed by atoms with E-state index in [1.165, 1.54) is 11.8 Å². The lowest BCUT2D eigenvalue weighted by Gasteiger charge is -2.46. The number of nitrogens with zero attached hydrogens (tertiary/aromatic N) is 4. The van der Waals surface area contributed by atoms with Gasteiger partial charge in [0, 0.05) is 17.8 Å². The summed E-state index contributed by atoms with van der Waals surface area (Å²) in [5.74, 6) is -0.0790. The molecule has 0 unspecified atom stereocenters. The van der Waals surface area contributed by atoms with Crippen LogP contribution in [0.15, 0.2) is 93.5 Å². The Morgan fingerprint density at radius 2 is 1.67 bits per heavy atom. The molecule has 0 radical (unpaired) electrons. The van der Waals surface area contributed by atoms with Crippen LogP contribution in [0.5, 0.6) is 0 Å². The maximum Gasteiger partial charge on any atom is 0.208 e. The van der Waals surface area contributed by atoms with Gasteiger partial charge in [-0.1, -0.05) is 70.0 Å². The predicted molar refractivity (Wildman–Crippen MR) is 141 cm³/mol. The molecular formula is C25H20BrClN4OS. The molecule has 0 amide bonds. The molecular weight excluding hydrogens is 520 g/mol. The fraction of sp³-hybridized carbons (Fsp3) is 0.160. The second-order valence-corrected chi connectivity index (χ2v) is 10.3. The molecule has 1 atom stereocenters. The van der Waals surface area contributed by atoms with Crippen molar-refractivity contribution in [1.82, 2.24) is 0 Å². The molecule has 5 rings (SSSR count). The molecule has 0 fully saturated rings. The monoisotopic (exact) mass is 538 g/mol.